The van der Waals surface area contributed by atoms with Gasteiger partial charge in [-0.3, -0.25) is 10.1 Å². The van der Waals surface area contributed by atoms with Crippen LogP contribution in [-0.2, 0) is 4.74 Å². The lowest BCUT2D eigenvalue weighted by atomic mass is 10.3. The fraction of sp³-hybridized carbons (Fsp3) is 0.455. The molecule has 1 N–H and O–H groups in total. The fourth-order valence-corrected chi connectivity index (χ4v) is 2.97. The number of rotatable bonds is 4. The van der Waals surface area contributed by atoms with Gasteiger partial charge < -0.3 is 4.74 Å². The number of aromatic nitrogens is 3. The van der Waals surface area contributed by atoms with E-state index in [-0.39, 0.29) is 12.0 Å². The van der Waals surface area contributed by atoms with Crippen LogP contribution in [0.1, 0.15) is 39.2 Å². The standard InChI is InChI=1S/C11H14N4O2S2/c1-5-8(18-10(12-5)6(2)17-4)9(16)14-11-13-7(3)15-19-11/h6H,1-4H3,(H,13,14,15,16). The van der Waals surface area contributed by atoms with Crippen LogP contribution in [0.15, 0.2) is 0 Å². The number of amides is 1. The summed E-state index contributed by atoms with van der Waals surface area (Å²) in [5.41, 5.74) is 0.697. The Labute approximate surface area is 119 Å². The first-order valence-corrected chi connectivity index (χ1v) is 7.22. The molecule has 0 saturated heterocycles. The molecule has 0 aliphatic heterocycles. The largest absolute Gasteiger partial charge is 0.375 e. The molecule has 0 radical (unpaired) electrons. The zero-order chi connectivity index (χ0) is 14.0. The van der Waals surface area contributed by atoms with E-state index in [2.05, 4.69) is 19.7 Å². The first-order valence-electron chi connectivity index (χ1n) is 5.63. The second-order valence-corrected chi connectivity index (χ2v) is 5.73. The Hall–Kier alpha value is -1.38. The van der Waals surface area contributed by atoms with Crippen molar-refractivity contribution in [2.24, 2.45) is 0 Å². The molecule has 0 saturated carbocycles. The maximum atomic E-state index is 12.1. The van der Waals surface area contributed by atoms with E-state index in [1.54, 1.807) is 14.0 Å². The first-order chi connectivity index (χ1) is 9.01. The molecule has 1 atom stereocenters. The molecule has 8 heteroatoms. The summed E-state index contributed by atoms with van der Waals surface area (Å²) in [7, 11) is 1.62. The van der Waals surface area contributed by atoms with E-state index in [9.17, 15) is 4.79 Å². The number of hydrogen-bond donors (Lipinski definition) is 1. The van der Waals surface area contributed by atoms with Crippen molar-refractivity contribution in [2.75, 3.05) is 12.4 Å². The third-order valence-electron chi connectivity index (χ3n) is 2.47. The molecule has 2 rings (SSSR count). The summed E-state index contributed by atoms with van der Waals surface area (Å²) in [4.78, 5) is 21.1. The molecule has 2 heterocycles. The Morgan fingerprint density at radius 3 is 2.68 bits per heavy atom. The van der Waals surface area contributed by atoms with Gasteiger partial charge in [-0.25, -0.2) is 9.97 Å². The average molecular weight is 298 g/mol. The van der Waals surface area contributed by atoms with Gasteiger partial charge in [-0.2, -0.15) is 4.37 Å². The van der Waals surface area contributed by atoms with Gasteiger partial charge in [0.1, 0.15) is 21.8 Å². The van der Waals surface area contributed by atoms with E-state index < -0.39 is 0 Å². The number of thiazole rings is 1. The van der Waals surface area contributed by atoms with Gasteiger partial charge in [0.05, 0.1) is 5.69 Å². The molecule has 0 aromatic carbocycles. The highest BCUT2D eigenvalue weighted by Crippen LogP contribution is 2.26. The highest BCUT2D eigenvalue weighted by atomic mass is 32.1. The number of carbonyl (C=O) groups is 1. The summed E-state index contributed by atoms with van der Waals surface area (Å²) in [5, 5.41) is 4.01. The number of methoxy groups -OCH3 is 1. The molecule has 2 aromatic heterocycles. The van der Waals surface area contributed by atoms with Crippen molar-refractivity contribution in [3.05, 3.63) is 21.4 Å². The third-order valence-corrected chi connectivity index (χ3v) is 4.51. The molecule has 0 spiro atoms. The van der Waals surface area contributed by atoms with Crippen molar-refractivity contribution in [1.29, 1.82) is 0 Å². The summed E-state index contributed by atoms with van der Waals surface area (Å²) in [6.07, 6.45) is -0.117. The molecule has 2 aromatic rings. The Kier molecular flexibility index (Phi) is 4.23. The SMILES string of the molecule is COC(C)c1nc(C)c(C(=O)Nc2nc(C)ns2)s1. The zero-order valence-corrected chi connectivity index (χ0v) is 12.7. The van der Waals surface area contributed by atoms with Crippen LogP contribution in [0.3, 0.4) is 0 Å². The van der Waals surface area contributed by atoms with Gasteiger partial charge in [0.2, 0.25) is 5.13 Å². The molecular formula is C11H14N4O2S2. The molecule has 19 heavy (non-hydrogen) atoms. The number of nitrogens with zero attached hydrogens (tertiary/aromatic N) is 3. The van der Waals surface area contributed by atoms with Gasteiger partial charge in [-0.1, -0.05) is 0 Å². The van der Waals surface area contributed by atoms with Crippen LogP contribution in [0.4, 0.5) is 5.13 Å². The molecule has 0 aliphatic rings. The second kappa shape index (κ2) is 5.72. The van der Waals surface area contributed by atoms with Gasteiger partial charge >= 0.3 is 0 Å². The van der Waals surface area contributed by atoms with Crippen molar-refractivity contribution in [2.45, 2.75) is 26.9 Å². The lowest BCUT2D eigenvalue weighted by Gasteiger charge is -2.03. The number of anilines is 1. The maximum Gasteiger partial charge on any atom is 0.269 e. The second-order valence-electron chi connectivity index (χ2n) is 3.95. The zero-order valence-electron chi connectivity index (χ0n) is 11.1. The Bertz CT molecular complexity index is 593. The van der Waals surface area contributed by atoms with E-state index in [4.69, 9.17) is 4.74 Å². The summed E-state index contributed by atoms with van der Waals surface area (Å²) in [6, 6.07) is 0. The van der Waals surface area contributed by atoms with E-state index >= 15 is 0 Å². The lowest BCUT2D eigenvalue weighted by Crippen LogP contribution is -2.11. The monoisotopic (exact) mass is 298 g/mol. The van der Waals surface area contributed by atoms with Crippen molar-refractivity contribution >= 4 is 33.9 Å². The van der Waals surface area contributed by atoms with Crippen LogP contribution in [0.5, 0.6) is 0 Å². The lowest BCUT2D eigenvalue weighted by molar-refractivity contribution is 0.103. The van der Waals surface area contributed by atoms with Crippen LogP contribution in [0.25, 0.3) is 0 Å². The minimum atomic E-state index is -0.208. The summed E-state index contributed by atoms with van der Waals surface area (Å²) >= 11 is 2.50. The molecule has 1 amide bonds. The molecule has 0 aliphatic carbocycles. The highest BCUT2D eigenvalue weighted by molar-refractivity contribution is 7.14. The molecule has 6 nitrogen and oxygen atoms in total. The molecule has 1 unspecified atom stereocenters. The van der Waals surface area contributed by atoms with Crippen LogP contribution in [0, 0.1) is 13.8 Å². The molecule has 0 fully saturated rings. The minimum Gasteiger partial charge on any atom is -0.375 e. The minimum absolute atomic E-state index is 0.117. The first kappa shape index (κ1) is 14.0. The van der Waals surface area contributed by atoms with Crippen LogP contribution < -0.4 is 5.32 Å². The maximum absolute atomic E-state index is 12.1. The van der Waals surface area contributed by atoms with Crippen LogP contribution >= 0.6 is 22.9 Å². The molecular weight excluding hydrogens is 284 g/mol. The quantitative estimate of drug-likeness (QED) is 0.938. The summed E-state index contributed by atoms with van der Waals surface area (Å²) < 4.78 is 9.22. The van der Waals surface area contributed by atoms with Gasteiger partial charge in [0, 0.05) is 18.6 Å². The third kappa shape index (κ3) is 3.14. The molecule has 0 bridgehead atoms. The predicted molar refractivity (Wildman–Crippen MR) is 74.9 cm³/mol. The van der Waals surface area contributed by atoms with E-state index in [1.807, 2.05) is 13.8 Å². The van der Waals surface area contributed by atoms with Crippen molar-refractivity contribution in [1.82, 2.24) is 14.3 Å². The van der Waals surface area contributed by atoms with E-state index in [0.29, 0.717) is 21.5 Å². The van der Waals surface area contributed by atoms with Crippen molar-refractivity contribution < 1.29 is 9.53 Å². The van der Waals surface area contributed by atoms with Gasteiger partial charge in [0.15, 0.2) is 0 Å². The van der Waals surface area contributed by atoms with Crippen LogP contribution in [-0.4, -0.2) is 27.4 Å². The highest BCUT2D eigenvalue weighted by Gasteiger charge is 2.19. The summed E-state index contributed by atoms with van der Waals surface area (Å²) in [6.45, 7) is 5.49. The average Bonchev–Trinajstić information content (AvgIpc) is 2.94. The summed E-state index contributed by atoms with van der Waals surface area (Å²) in [5.74, 6) is 0.440. The fourth-order valence-electron chi connectivity index (χ4n) is 1.40. The Balaban J connectivity index is 2.17. The van der Waals surface area contributed by atoms with E-state index in [0.717, 1.165) is 16.5 Å². The number of carbonyl (C=O) groups excluding carboxylic acids is 1. The van der Waals surface area contributed by atoms with Gasteiger partial charge in [-0.15, -0.1) is 11.3 Å². The Morgan fingerprint density at radius 2 is 2.11 bits per heavy atom. The number of hydrogen-bond acceptors (Lipinski definition) is 7. The van der Waals surface area contributed by atoms with Gasteiger partial charge in [-0.05, 0) is 20.8 Å². The van der Waals surface area contributed by atoms with Gasteiger partial charge in [0.25, 0.3) is 5.91 Å². The molecule has 102 valence electrons. The van der Waals surface area contributed by atoms with Crippen LogP contribution in [0.2, 0.25) is 0 Å². The van der Waals surface area contributed by atoms with Crippen molar-refractivity contribution in [3.8, 4) is 0 Å². The number of ether oxygens (including phenoxy) is 1. The smallest absolute Gasteiger partial charge is 0.269 e. The number of aryl methyl sites for hydroxylation is 2. The van der Waals surface area contributed by atoms with Crippen molar-refractivity contribution in [3.63, 3.8) is 0 Å². The Morgan fingerprint density at radius 1 is 1.37 bits per heavy atom. The normalized spacial score (nSPS) is 12.4. The predicted octanol–water partition coefficient (Wildman–Crippen LogP) is 2.57. The topological polar surface area (TPSA) is 77.0 Å². The number of nitrogens with one attached hydrogen (secondary N) is 1. The van der Waals surface area contributed by atoms with E-state index in [1.165, 1.54) is 11.3 Å².